The van der Waals surface area contributed by atoms with Gasteiger partial charge in [0.1, 0.15) is 9.88 Å². The molecule has 2 rings (SSSR count). The van der Waals surface area contributed by atoms with E-state index in [-0.39, 0.29) is 5.91 Å². The fraction of sp³-hybridized carbons (Fsp3) is 0.474. The van der Waals surface area contributed by atoms with Gasteiger partial charge in [-0.15, -0.1) is 11.3 Å². The summed E-state index contributed by atoms with van der Waals surface area (Å²) in [6, 6.07) is 5.76. The van der Waals surface area contributed by atoms with Gasteiger partial charge in [0, 0.05) is 30.2 Å². The van der Waals surface area contributed by atoms with E-state index in [9.17, 15) is 4.79 Å². The molecule has 0 aliphatic carbocycles. The van der Waals surface area contributed by atoms with Crippen molar-refractivity contribution in [2.24, 2.45) is 0 Å². The maximum atomic E-state index is 12.9. The van der Waals surface area contributed by atoms with E-state index in [2.05, 4.69) is 23.9 Å². The number of benzene rings is 1. The number of aryl methyl sites for hydroxylation is 2. The number of likely N-dealkylation sites (N-methyl/N-ethyl adjacent to an activating group) is 2. The largest absolute Gasteiger partial charge is 0.337 e. The van der Waals surface area contributed by atoms with E-state index < -0.39 is 0 Å². The molecule has 0 saturated carbocycles. The number of hydrogen-bond acceptors (Lipinski definition) is 4. The van der Waals surface area contributed by atoms with Crippen molar-refractivity contribution in [3.05, 3.63) is 39.4 Å². The molecule has 1 aromatic heterocycles. The molecular weight excluding hydrogens is 354 g/mol. The average molecular weight is 380 g/mol. The summed E-state index contributed by atoms with van der Waals surface area (Å²) in [5, 5.41) is 1.58. The third-order valence-electron chi connectivity index (χ3n) is 4.37. The number of carbonyl (C=O) groups is 1. The summed E-state index contributed by atoms with van der Waals surface area (Å²) in [7, 11) is 2.07. The van der Waals surface area contributed by atoms with Crippen LogP contribution in [0.3, 0.4) is 0 Å². The topological polar surface area (TPSA) is 36.4 Å². The molecule has 6 heteroatoms. The lowest BCUT2D eigenvalue weighted by molar-refractivity contribution is 0.0755. The van der Waals surface area contributed by atoms with Crippen LogP contribution in [0, 0.1) is 13.8 Å². The second-order valence-corrected chi connectivity index (χ2v) is 7.61. The molecule has 0 saturated heterocycles. The quantitative estimate of drug-likeness (QED) is 0.710. The van der Waals surface area contributed by atoms with Crippen molar-refractivity contribution in [2.45, 2.75) is 27.7 Å². The molecule has 1 amide bonds. The van der Waals surface area contributed by atoms with Gasteiger partial charge in [-0.25, -0.2) is 4.98 Å². The molecule has 0 unspecified atom stereocenters. The SMILES string of the molecule is CCN(C)CCN(CC)C(=O)c1sc(-c2ccc(Cl)cc2C)nc1C. The predicted molar refractivity (Wildman–Crippen MR) is 107 cm³/mol. The third kappa shape index (κ3) is 4.81. The lowest BCUT2D eigenvalue weighted by Crippen LogP contribution is -2.37. The minimum absolute atomic E-state index is 0.0693. The summed E-state index contributed by atoms with van der Waals surface area (Å²) in [4.78, 5) is 22.4. The van der Waals surface area contributed by atoms with Crippen molar-refractivity contribution in [1.82, 2.24) is 14.8 Å². The van der Waals surface area contributed by atoms with E-state index >= 15 is 0 Å². The zero-order chi connectivity index (χ0) is 18.6. The van der Waals surface area contributed by atoms with Crippen molar-refractivity contribution in [2.75, 3.05) is 33.2 Å². The van der Waals surface area contributed by atoms with Crippen LogP contribution in [0.2, 0.25) is 5.02 Å². The van der Waals surface area contributed by atoms with Crippen LogP contribution in [-0.2, 0) is 0 Å². The van der Waals surface area contributed by atoms with Gasteiger partial charge in [0.2, 0.25) is 0 Å². The molecule has 0 atom stereocenters. The normalized spacial score (nSPS) is 11.2. The maximum Gasteiger partial charge on any atom is 0.265 e. The summed E-state index contributed by atoms with van der Waals surface area (Å²) in [5.41, 5.74) is 2.89. The number of carbonyl (C=O) groups excluding carboxylic acids is 1. The number of amides is 1. The van der Waals surface area contributed by atoms with Crippen LogP contribution in [0.4, 0.5) is 0 Å². The fourth-order valence-corrected chi connectivity index (χ4v) is 3.92. The lowest BCUT2D eigenvalue weighted by Gasteiger charge is -2.23. The number of hydrogen-bond donors (Lipinski definition) is 0. The van der Waals surface area contributed by atoms with Gasteiger partial charge >= 0.3 is 0 Å². The molecule has 4 nitrogen and oxygen atoms in total. The molecule has 0 aliphatic heterocycles. The first-order valence-corrected chi connectivity index (χ1v) is 9.78. The first-order chi connectivity index (χ1) is 11.9. The second kappa shape index (κ2) is 8.79. The number of thiazole rings is 1. The molecule has 0 aliphatic rings. The van der Waals surface area contributed by atoms with E-state index in [0.29, 0.717) is 11.6 Å². The summed E-state index contributed by atoms with van der Waals surface area (Å²) in [6.07, 6.45) is 0. The number of halogens is 1. The van der Waals surface area contributed by atoms with Crippen molar-refractivity contribution in [3.63, 3.8) is 0 Å². The van der Waals surface area contributed by atoms with Crippen LogP contribution < -0.4 is 0 Å². The van der Waals surface area contributed by atoms with Gasteiger partial charge in [0.05, 0.1) is 5.69 Å². The molecule has 136 valence electrons. The number of aromatic nitrogens is 1. The summed E-state index contributed by atoms with van der Waals surface area (Å²) in [5.74, 6) is 0.0693. The molecule has 1 aromatic carbocycles. The highest BCUT2D eigenvalue weighted by molar-refractivity contribution is 7.17. The van der Waals surface area contributed by atoms with Crippen LogP contribution >= 0.6 is 22.9 Å². The Morgan fingerprint density at radius 2 is 1.92 bits per heavy atom. The van der Waals surface area contributed by atoms with Crippen LogP contribution in [0.1, 0.15) is 34.8 Å². The molecular formula is C19H26ClN3OS. The first kappa shape index (κ1) is 19.9. The van der Waals surface area contributed by atoms with Crippen LogP contribution in [0.15, 0.2) is 18.2 Å². The van der Waals surface area contributed by atoms with Crippen LogP contribution in [0.25, 0.3) is 10.6 Å². The monoisotopic (exact) mass is 379 g/mol. The number of rotatable bonds is 7. The zero-order valence-electron chi connectivity index (χ0n) is 15.6. The Labute approximate surface area is 159 Å². The van der Waals surface area contributed by atoms with E-state index in [1.165, 1.54) is 11.3 Å². The smallest absolute Gasteiger partial charge is 0.265 e. The molecule has 0 radical (unpaired) electrons. The predicted octanol–water partition coefficient (Wildman–Crippen LogP) is 4.49. The van der Waals surface area contributed by atoms with Crippen LogP contribution in [-0.4, -0.2) is 53.9 Å². The minimum Gasteiger partial charge on any atom is -0.337 e. The Kier molecular flexibility index (Phi) is 6.99. The van der Waals surface area contributed by atoms with Gasteiger partial charge in [-0.2, -0.15) is 0 Å². The highest BCUT2D eigenvalue weighted by atomic mass is 35.5. The molecule has 0 bridgehead atoms. The number of nitrogens with zero attached hydrogens (tertiary/aromatic N) is 3. The Morgan fingerprint density at radius 1 is 1.20 bits per heavy atom. The van der Waals surface area contributed by atoms with E-state index in [1.54, 1.807) is 0 Å². The van der Waals surface area contributed by atoms with Crippen LogP contribution in [0.5, 0.6) is 0 Å². The van der Waals surface area contributed by atoms with Crippen molar-refractivity contribution in [1.29, 1.82) is 0 Å². The van der Waals surface area contributed by atoms with E-state index in [1.807, 2.05) is 43.9 Å². The van der Waals surface area contributed by atoms with Crippen molar-refractivity contribution >= 4 is 28.8 Å². The molecule has 0 N–H and O–H groups in total. The second-order valence-electron chi connectivity index (χ2n) is 6.17. The minimum atomic E-state index is 0.0693. The average Bonchev–Trinajstić information content (AvgIpc) is 2.96. The Balaban J connectivity index is 2.24. The van der Waals surface area contributed by atoms with Gasteiger partial charge in [-0.1, -0.05) is 24.6 Å². The maximum absolute atomic E-state index is 12.9. The molecule has 0 spiro atoms. The standard InChI is InChI=1S/C19H26ClN3OS/c1-6-22(5)10-11-23(7-2)19(24)17-14(4)21-18(25-17)16-9-8-15(20)12-13(16)3/h8-9,12H,6-7,10-11H2,1-5H3. The van der Waals surface area contributed by atoms with E-state index in [0.717, 1.165) is 46.3 Å². The van der Waals surface area contributed by atoms with E-state index in [4.69, 9.17) is 11.6 Å². The highest BCUT2D eigenvalue weighted by Crippen LogP contribution is 2.32. The summed E-state index contributed by atoms with van der Waals surface area (Å²) >= 11 is 7.51. The third-order valence-corrected chi connectivity index (χ3v) is 5.78. The zero-order valence-corrected chi connectivity index (χ0v) is 17.2. The van der Waals surface area contributed by atoms with Gasteiger partial charge in [0.25, 0.3) is 5.91 Å². The van der Waals surface area contributed by atoms with Gasteiger partial charge in [0.15, 0.2) is 0 Å². The summed E-state index contributed by atoms with van der Waals surface area (Å²) < 4.78 is 0. The highest BCUT2D eigenvalue weighted by Gasteiger charge is 2.21. The fourth-order valence-electron chi connectivity index (χ4n) is 2.57. The summed E-state index contributed by atoms with van der Waals surface area (Å²) in [6.45, 7) is 11.3. The Bertz CT molecular complexity index is 744. The first-order valence-electron chi connectivity index (χ1n) is 8.59. The molecule has 25 heavy (non-hydrogen) atoms. The van der Waals surface area contributed by atoms with Gasteiger partial charge in [-0.05, 0) is 52.1 Å². The lowest BCUT2D eigenvalue weighted by atomic mass is 10.1. The van der Waals surface area contributed by atoms with Gasteiger partial charge in [-0.3, -0.25) is 4.79 Å². The Hall–Kier alpha value is -1.43. The molecule has 0 fully saturated rings. The van der Waals surface area contributed by atoms with Gasteiger partial charge < -0.3 is 9.80 Å². The van der Waals surface area contributed by atoms with Crippen molar-refractivity contribution < 1.29 is 4.79 Å². The molecule has 2 aromatic rings. The molecule has 1 heterocycles. The Morgan fingerprint density at radius 3 is 2.52 bits per heavy atom. The van der Waals surface area contributed by atoms with Crippen molar-refractivity contribution in [3.8, 4) is 10.6 Å².